The summed E-state index contributed by atoms with van der Waals surface area (Å²) in [5.41, 5.74) is 6.87. The topological polar surface area (TPSA) is 66.5 Å². The van der Waals surface area contributed by atoms with E-state index in [4.69, 9.17) is 4.74 Å². The SMILES string of the molecule is CC(=O)N/N=C1\CCCc2c1[nH]c1ccc(OCC(C)C)cc21. The molecular weight excluding hydrogens is 290 g/mol. The molecule has 1 heterocycles. The first-order valence-electron chi connectivity index (χ1n) is 8.15. The van der Waals surface area contributed by atoms with Crippen molar-refractivity contribution in [1.82, 2.24) is 10.4 Å². The second-order valence-electron chi connectivity index (χ2n) is 6.47. The monoisotopic (exact) mass is 313 g/mol. The molecule has 5 heteroatoms. The molecule has 0 radical (unpaired) electrons. The molecule has 23 heavy (non-hydrogen) atoms. The number of H-pyrrole nitrogens is 1. The van der Waals surface area contributed by atoms with E-state index in [0.29, 0.717) is 12.5 Å². The van der Waals surface area contributed by atoms with Crippen LogP contribution in [-0.4, -0.2) is 23.2 Å². The number of carbonyl (C=O) groups excluding carboxylic acids is 1. The summed E-state index contributed by atoms with van der Waals surface area (Å²) in [4.78, 5) is 14.5. The van der Waals surface area contributed by atoms with Crippen LogP contribution < -0.4 is 10.2 Å². The molecule has 0 fully saturated rings. The maximum Gasteiger partial charge on any atom is 0.236 e. The smallest absolute Gasteiger partial charge is 0.236 e. The van der Waals surface area contributed by atoms with Gasteiger partial charge >= 0.3 is 0 Å². The first-order valence-corrected chi connectivity index (χ1v) is 8.15. The first kappa shape index (κ1) is 15.6. The van der Waals surface area contributed by atoms with Gasteiger partial charge in [0.1, 0.15) is 5.75 Å². The number of fused-ring (bicyclic) bond motifs is 3. The molecule has 122 valence electrons. The van der Waals surface area contributed by atoms with Gasteiger partial charge in [0.15, 0.2) is 0 Å². The zero-order valence-corrected chi connectivity index (χ0v) is 13.9. The van der Waals surface area contributed by atoms with Crippen LogP contribution in [0.25, 0.3) is 10.9 Å². The maximum absolute atomic E-state index is 11.1. The third kappa shape index (κ3) is 3.38. The highest BCUT2D eigenvalue weighted by atomic mass is 16.5. The Morgan fingerprint density at radius 2 is 2.22 bits per heavy atom. The van der Waals surface area contributed by atoms with Crippen molar-refractivity contribution in [2.75, 3.05) is 6.61 Å². The average Bonchev–Trinajstić information content (AvgIpc) is 2.89. The van der Waals surface area contributed by atoms with Crippen LogP contribution in [0.2, 0.25) is 0 Å². The second kappa shape index (κ2) is 6.44. The van der Waals surface area contributed by atoms with Crippen LogP contribution in [-0.2, 0) is 11.2 Å². The van der Waals surface area contributed by atoms with Crippen molar-refractivity contribution in [2.24, 2.45) is 11.0 Å². The average molecular weight is 313 g/mol. The third-order valence-corrected chi connectivity index (χ3v) is 3.94. The minimum Gasteiger partial charge on any atom is -0.493 e. The van der Waals surface area contributed by atoms with Gasteiger partial charge in [-0.15, -0.1) is 0 Å². The molecule has 0 bridgehead atoms. The van der Waals surface area contributed by atoms with Crippen LogP contribution in [0, 0.1) is 5.92 Å². The Balaban J connectivity index is 1.96. The first-order chi connectivity index (χ1) is 11.0. The predicted molar refractivity (Wildman–Crippen MR) is 91.9 cm³/mol. The van der Waals surface area contributed by atoms with Crippen LogP contribution >= 0.6 is 0 Å². The number of rotatable bonds is 4. The quantitative estimate of drug-likeness (QED) is 0.850. The van der Waals surface area contributed by atoms with Gasteiger partial charge < -0.3 is 9.72 Å². The number of aryl methyl sites for hydroxylation is 1. The van der Waals surface area contributed by atoms with Crippen molar-refractivity contribution < 1.29 is 9.53 Å². The van der Waals surface area contributed by atoms with E-state index in [1.54, 1.807) is 0 Å². The van der Waals surface area contributed by atoms with E-state index >= 15 is 0 Å². The number of hydrogen-bond donors (Lipinski definition) is 2. The lowest BCUT2D eigenvalue weighted by Gasteiger charge is -2.14. The fourth-order valence-corrected chi connectivity index (χ4v) is 2.90. The van der Waals surface area contributed by atoms with Crippen molar-refractivity contribution in [1.29, 1.82) is 0 Å². The molecule has 1 aliphatic carbocycles. The molecule has 0 atom stereocenters. The lowest BCUT2D eigenvalue weighted by Crippen LogP contribution is -2.19. The van der Waals surface area contributed by atoms with Crippen molar-refractivity contribution in [3.8, 4) is 5.75 Å². The number of aromatic nitrogens is 1. The van der Waals surface area contributed by atoms with Crippen LogP contribution in [0.3, 0.4) is 0 Å². The van der Waals surface area contributed by atoms with Gasteiger partial charge in [-0.25, -0.2) is 5.43 Å². The molecule has 1 aromatic carbocycles. The highest BCUT2D eigenvalue weighted by Gasteiger charge is 2.21. The number of carbonyl (C=O) groups is 1. The molecule has 1 aromatic heterocycles. The van der Waals surface area contributed by atoms with Crippen molar-refractivity contribution >= 4 is 22.5 Å². The molecule has 0 aliphatic heterocycles. The number of benzene rings is 1. The van der Waals surface area contributed by atoms with Gasteiger partial charge in [-0.05, 0) is 48.9 Å². The minimum atomic E-state index is -0.148. The van der Waals surface area contributed by atoms with Gasteiger partial charge in [0.25, 0.3) is 0 Å². The van der Waals surface area contributed by atoms with Gasteiger partial charge in [0.2, 0.25) is 5.91 Å². The van der Waals surface area contributed by atoms with E-state index in [-0.39, 0.29) is 5.91 Å². The molecule has 0 saturated carbocycles. The van der Waals surface area contributed by atoms with Crippen LogP contribution in [0.4, 0.5) is 0 Å². The molecule has 0 spiro atoms. The predicted octanol–water partition coefficient (Wildman–Crippen LogP) is 3.38. The normalized spacial score (nSPS) is 15.9. The Labute approximate surface area is 136 Å². The van der Waals surface area contributed by atoms with E-state index in [9.17, 15) is 4.79 Å². The van der Waals surface area contributed by atoms with Crippen molar-refractivity contribution in [3.05, 3.63) is 29.5 Å². The Morgan fingerprint density at radius 1 is 1.39 bits per heavy atom. The Kier molecular flexibility index (Phi) is 4.37. The highest BCUT2D eigenvalue weighted by Crippen LogP contribution is 2.31. The van der Waals surface area contributed by atoms with Gasteiger partial charge in [-0.2, -0.15) is 5.10 Å². The van der Waals surface area contributed by atoms with E-state index in [0.717, 1.165) is 41.9 Å². The fraction of sp³-hybridized carbons (Fsp3) is 0.444. The summed E-state index contributed by atoms with van der Waals surface area (Å²) in [5, 5.41) is 5.45. The number of nitrogens with one attached hydrogen (secondary N) is 2. The summed E-state index contributed by atoms with van der Waals surface area (Å²) < 4.78 is 5.84. The molecule has 5 nitrogen and oxygen atoms in total. The third-order valence-electron chi connectivity index (χ3n) is 3.94. The van der Waals surface area contributed by atoms with Gasteiger partial charge in [0, 0.05) is 17.8 Å². The lowest BCUT2D eigenvalue weighted by molar-refractivity contribution is -0.118. The number of ether oxygens (including phenoxy) is 1. The molecule has 1 amide bonds. The van der Waals surface area contributed by atoms with Crippen LogP contribution in [0.5, 0.6) is 5.75 Å². The summed E-state index contributed by atoms with van der Waals surface area (Å²) in [6.07, 6.45) is 2.92. The fourth-order valence-electron chi connectivity index (χ4n) is 2.90. The molecule has 0 saturated heterocycles. The van der Waals surface area contributed by atoms with Crippen LogP contribution in [0.1, 0.15) is 44.9 Å². The zero-order valence-electron chi connectivity index (χ0n) is 13.9. The molecule has 0 unspecified atom stereocenters. The number of hydrogen-bond acceptors (Lipinski definition) is 3. The second-order valence-corrected chi connectivity index (χ2v) is 6.47. The number of nitrogens with zero attached hydrogens (tertiary/aromatic N) is 1. The van der Waals surface area contributed by atoms with Crippen molar-refractivity contribution in [3.63, 3.8) is 0 Å². The molecule has 1 aliphatic rings. The highest BCUT2D eigenvalue weighted by molar-refractivity contribution is 6.06. The Hall–Kier alpha value is -2.30. The number of aromatic amines is 1. The summed E-state index contributed by atoms with van der Waals surface area (Å²) in [5.74, 6) is 1.26. The summed E-state index contributed by atoms with van der Waals surface area (Å²) in [6.45, 7) is 6.47. The van der Waals surface area contributed by atoms with Gasteiger partial charge in [0.05, 0.1) is 18.0 Å². The van der Waals surface area contributed by atoms with Crippen molar-refractivity contribution in [2.45, 2.75) is 40.0 Å². The summed E-state index contributed by atoms with van der Waals surface area (Å²) >= 11 is 0. The largest absolute Gasteiger partial charge is 0.493 e. The van der Waals surface area contributed by atoms with E-state index < -0.39 is 0 Å². The molecular formula is C18H23N3O2. The minimum absolute atomic E-state index is 0.148. The summed E-state index contributed by atoms with van der Waals surface area (Å²) in [6, 6.07) is 6.16. The van der Waals surface area contributed by atoms with Gasteiger partial charge in [-0.1, -0.05) is 13.8 Å². The van der Waals surface area contributed by atoms with E-state index in [1.165, 1.54) is 17.9 Å². The number of amides is 1. The molecule has 2 N–H and O–H groups in total. The van der Waals surface area contributed by atoms with E-state index in [1.807, 2.05) is 6.07 Å². The lowest BCUT2D eigenvalue weighted by atomic mass is 9.94. The standard InChI is InChI=1S/C18H23N3O2/c1-11(2)10-23-13-7-8-16-15(9-13)14-5-4-6-17(18(14)19-16)21-20-12(3)22/h7-9,11,19H,4-6,10H2,1-3H3,(H,20,22)/b21-17+. The molecule has 3 rings (SSSR count). The molecule has 2 aromatic rings. The maximum atomic E-state index is 11.1. The zero-order chi connectivity index (χ0) is 16.4. The number of hydrazone groups is 1. The Morgan fingerprint density at radius 3 is 2.96 bits per heavy atom. The Bertz CT molecular complexity index is 759. The van der Waals surface area contributed by atoms with Gasteiger partial charge in [-0.3, -0.25) is 4.79 Å². The summed E-state index contributed by atoms with van der Waals surface area (Å²) in [7, 11) is 0. The van der Waals surface area contributed by atoms with E-state index in [2.05, 4.69) is 41.5 Å². The van der Waals surface area contributed by atoms with Crippen LogP contribution in [0.15, 0.2) is 23.3 Å².